The molecule has 0 N–H and O–H groups in total. The van der Waals surface area contributed by atoms with Gasteiger partial charge in [0.25, 0.3) is 5.89 Å². The van der Waals surface area contributed by atoms with Gasteiger partial charge >= 0.3 is 0 Å². The van der Waals surface area contributed by atoms with Crippen molar-refractivity contribution >= 4 is 11.6 Å². The Kier molecular flexibility index (Phi) is 4.03. The Labute approximate surface area is 144 Å². The van der Waals surface area contributed by atoms with Gasteiger partial charge in [-0.1, -0.05) is 16.8 Å². The van der Waals surface area contributed by atoms with Gasteiger partial charge in [-0.05, 0) is 57.2 Å². The molecule has 0 amide bonds. The molecule has 3 heterocycles. The number of halogens is 1. The highest BCUT2D eigenvalue weighted by molar-refractivity contribution is 6.30. The van der Waals surface area contributed by atoms with Gasteiger partial charge in [-0.3, -0.25) is 0 Å². The van der Waals surface area contributed by atoms with Gasteiger partial charge in [-0.25, -0.2) is 4.68 Å². The molecule has 0 unspecified atom stereocenters. The predicted molar refractivity (Wildman–Crippen MR) is 89.5 cm³/mol. The van der Waals surface area contributed by atoms with Crippen molar-refractivity contribution in [2.45, 2.75) is 18.9 Å². The molecule has 1 fully saturated rings. The minimum Gasteiger partial charge on any atom is -0.414 e. The molecule has 0 bridgehead atoms. The van der Waals surface area contributed by atoms with E-state index in [0.717, 1.165) is 31.5 Å². The predicted octanol–water partition coefficient (Wildman–Crippen LogP) is 2.92. The van der Waals surface area contributed by atoms with E-state index in [1.165, 1.54) is 0 Å². The van der Waals surface area contributed by atoms with Crippen LogP contribution in [-0.2, 0) is 0 Å². The van der Waals surface area contributed by atoms with E-state index >= 15 is 0 Å². The lowest BCUT2D eigenvalue weighted by molar-refractivity contribution is 0.210. The van der Waals surface area contributed by atoms with Crippen LogP contribution in [-0.4, -0.2) is 50.2 Å². The highest BCUT2D eigenvalue weighted by atomic mass is 35.5. The number of hydrogen-bond acceptors (Lipinski definition) is 6. The van der Waals surface area contributed by atoms with Crippen LogP contribution in [0, 0.1) is 0 Å². The summed E-state index contributed by atoms with van der Waals surface area (Å²) in [5.41, 5.74) is 1.42. The van der Waals surface area contributed by atoms with E-state index in [-0.39, 0.29) is 0 Å². The normalized spacial score (nSPS) is 16.6. The molecular formula is C16H17ClN6O. The van der Waals surface area contributed by atoms with Gasteiger partial charge in [0.05, 0.1) is 12.2 Å². The molecule has 4 rings (SSSR count). The van der Waals surface area contributed by atoms with Crippen molar-refractivity contribution in [2.24, 2.45) is 0 Å². The van der Waals surface area contributed by atoms with E-state index in [2.05, 4.69) is 32.5 Å². The van der Waals surface area contributed by atoms with Crippen molar-refractivity contribution in [1.29, 1.82) is 0 Å². The molecule has 124 valence electrons. The average molecular weight is 345 g/mol. The molecule has 1 aliphatic rings. The lowest BCUT2D eigenvalue weighted by atomic mass is 10.1. The standard InChI is InChI=1S/C16H17ClN6O/c1-22-8-6-13(7-9-22)23-10-14(18-21-23)16-20-19-15(24-16)11-2-4-12(17)5-3-11/h2-5,10,13H,6-9H2,1H3. The molecule has 7 nitrogen and oxygen atoms in total. The third-order valence-electron chi connectivity index (χ3n) is 4.31. The largest absolute Gasteiger partial charge is 0.414 e. The first-order valence-corrected chi connectivity index (χ1v) is 8.27. The summed E-state index contributed by atoms with van der Waals surface area (Å²) in [6, 6.07) is 7.64. The molecule has 1 aromatic carbocycles. The van der Waals surface area contributed by atoms with Crippen molar-refractivity contribution in [3.8, 4) is 23.0 Å². The summed E-state index contributed by atoms with van der Waals surface area (Å²) in [6.45, 7) is 2.14. The van der Waals surface area contributed by atoms with Crippen molar-refractivity contribution in [1.82, 2.24) is 30.1 Å². The SMILES string of the molecule is CN1CCC(n2cc(-c3nnc(-c4ccc(Cl)cc4)o3)nn2)CC1. The maximum Gasteiger partial charge on any atom is 0.270 e. The number of aromatic nitrogens is 5. The number of benzene rings is 1. The Morgan fingerprint density at radius 3 is 2.50 bits per heavy atom. The van der Waals surface area contributed by atoms with Gasteiger partial charge < -0.3 is 9.32 Å². The molecule has 8 heteroatoms. The second-order valence-corrected chi connectivity index (χ2v) is 6.47. The number of nitrogens with zero attached hydrogens (tertiary/aromatic N) is 6. The molecule has 0 saturated carbocycles. The van der Waals surface area contributed by atoms with Gasteiger partial charge in [0.1, 0.15) is 0 Å². The first kappa shape index (κ1) is 15.3. The van der Waals surface area contributed by atoms with Crippen LogP contribution in [0.3, 0.4) is 0 Å². The molecular weight excluding hydrogens is 328 g/mol. The van der Waals surface area contributed by atoms with Crippen LogP contribution in [0.1, 0.15) is 18.9 Å². The quantitative estimate of drug-likeness (QED) is 0.727. The molecule has 2 aromatic heterocycles. The molecule has 3 aromatic rings. The van der Waals surface area contributed by atoms with E-state index < -0.39 is 0 Å². The second-order valence-electron chi connectivity index (χ2n) is 6.04. The summed E-state index contributed by atoms with van der Waals surface area (Å²) in [6.07, 6.45) is 4.02. The smallest absolute Gasteiger partial charge is 0.270 e. The van der Waals surface area contributed by atoms with E-state index in [1.54, 1.807) is 12.1 Å². The third-order valence-corrected chi connectivity index (χ3v) is 4.56. The number of hydrogen-bond donors (Lipinski definition) is 0. The Morgan fingerprint density at radius 2 is 1.75 bits per heavy atom. The van der Waals surface area contributed by atoms with Crippen LogP contribution in [0.4, 0.5) is 0 Å². The molecule has 24 heavy (non-hydrogen) atoms. The van der Waals surface area contributed by atoms with Gasteiger partial charge in [0, 0.05) is 10.6 Å². The Hall–Kier alpha value is -2.25. The molecule has 1 saturated heterocycles. The summed E-state index contributed by atoms with van der Waals surface area (Å²) >= 11 is 5.90. The number of rotatable bonds is 3. The lowest BCUT2D eigenvalue weighted by Gasteiger charge is -2.28. The Balaban J connectivity index is 1.54. The van der Waals surface area contributed by atoms with Gasteiger partial charge in [-0.15, -0.1) is 15.3 Å². The summed E-state index contributed by atoms with van der Waals surface area (Å²) in [5.74, 6) is 0.814. The highest BCUT2D eigenvalue weighted by Gasteiger charge is 2.21. The fourth-order valence-corrected chi connectivity index (χ4v) is 2.97. The van der Waals surface area contributed by atoms with E-state index in [1.807, 2.05) is 23.0 Å². The highest BCUT2D eigenvalue weighted by Crippen LogP contribution is 2.26. The maximum atomic E-state index is 5.90. The minimum absolute atomic E-state index is 0.374. The first-order valence-electron chi connectivity index (χ1n) is 7.89. The third kappa shape index (κ3) is 3.05. The second kappa shape index (κ2) is 6.33. The van der Waals surface area contributed by atoms with Crippen LogP contribution < -0.4 is 0 Å². The molecule has 1 aliphatic heterocycles. The Morgan fingerprint density at radius 1 is 1.04 bits per heavy atom. The van der Waals surface area contributed by atoms with Crippen LogP contribution in [0.15, 0.2) is 34.9 Å². The molecule has 0 aliphatic carbocycles. The zero-order valence-electron chi connectivity index (χ0n) is 13.3. The summed E-state index contributed by atoms with van der Waals surface area (Å²) < 4.78 is 7.64. The zero-order valence-corrected chi connectivity index (χ0v) is 14.0. The lowest BCUT2D eigenvalue weighted by Crippen LogP contribution is -2.31. The fourth-order valence-electron chi connectivity index (χ4n) is 2.85. The number of likely N-dealkylation sites (tertiary alicyclic amines) is 1. The zero-order chi connectivity index (χ0) is 16.5. The van der Waals surface area contributed by atoms with Crippen molar-refractivity contribution in [3.63, 3.8) is 0 Å². The minimum atomic E-state index is 0.374. The molecule has 0 spiro atoms. The van der Waals surface area contributed by atoms with E-state index in [0.29, 0.717) is 28.5 Å². The van der Waals surface area contributed by atoms with E-state index in [4.69, 9.17) is 16.0 Å². The van der Waals surface area contributed by atoms with Crippen LogP contribution >= 0.6 is 11.6 Å². The topological polar surface area (TPSA) is 72.9 Å². The summed E-state index contributed by atoms with van der Waals surface area (Å²) in [5, 5.41) is 17.3. The fraction of sp³-hybridized carbons (Fsp3) is 0.375. The monoisotopic (exact) mass is 344 g/mol. The molecule has 0 atom stereocenters. The summed E-state index contributed by atoms with van der Waals surface area (Å²) in [7, 11) is 2.14. The van der Waals surface area contributed by atoms with Crippen molar-refractivity contribution in [3.05, 3.63) is 35.5 Å². The van der Waals surface area contributed by atoms with Crippen LogP contribution in [0.25, 0.3) is 23.0 Å². The van der Waals surface area contributed by atoms with Crippen molar-refractivity contribution < 1.29 is 4.42 Å². The number of piperidine rings is 1. The Bertz CT molecular complexity index is 819. The first-order chi connectivity index (χ1) is 11.7. The van der Waals surface area contributed by atoms with E-state index in [9.17, 15) is 0 Å². The maximum absolute atomic E-state index is 5.90. The summed E-state index contributed by atoms with van der Waals surface area (Å²) in [4.78, 5) is 2.32. The van der Waals surface area contributed by atoms with Crippen molar-refractivity contribution in [2.75, 3.05) is 20.1 Å². The average Bonchev–Trinajstić information content (AvgIpc) is 3.25. The van der Waals surface area contributed by atoms with Gasteiger partial charge in [0.15, 0.2) is 5.69 Å². The molecule has 0 radical (unpaired) electrons. The van der Waals surface area contributed by atoms with Crippen LogP contribution in [0.2, 0.25) is 5.02 Å². The van der Waals surface area contributed by atoms with Gasteiger partial charge in [0.2, 0.25) is 5.89 Å². The van der Waals surface area contributed by atoms with Gasteiger partial charge in [-0.2, -0.15) is 0 Å². The van der Waals surface area contributed by atoms with Crippen LogP contribution in [0.5, 0.6) is 0 Å².